The second kappa shape index (κ2) is 9.01. The van der Waals surface area contributed by atoms with Crippen LogP contribution in [-0.2, 0) is 10.2 Å². The highest BCUT2D eigenvalue weighted by Crippen LogP contribution is 2.41. The fourth-order valence-electron chi connectivity index (χ4n) is 3.17. The number of rotatable bonds is 7. The van der Waals surface area contributed by atoms with Crippen molar-refractivity contribution in [1.29, 1.82) is 0 Å². The van der Waals surface area contributed by atoms with Gasteiger partial charge < -0.3 is 15.4 Å². The number of methoxy groups -OCH3 is 1. The number of ether oxygens (including phenoxy) is 1. The molecule has 1 amide bonds. The van der Waals surface area contributed by atoms with Crippen molar-refractivity contribution in [3.05, 3.63) is 29.8 Å². The molecule has 1 fully saturated rings. The third-order valence-corrected chi connectivity index (χ3v) is 4.47. The van der Waals surface area contributed by atoms with E-state index in [1.165, 1.54) is 18.4 Å². The Kier molecular flexibility index (Phi) is 7.69. The van der Waals surface area contributed by atoms with E-state index in [4.69, 9.17) is 4.74 Å². The van der Waals surface area contributed by atoms with E-state index in [9.17, 15) is 4.79 Å². The van der Waals surface area contributed by atoms with Gasteiger partial charge in [-0.3, -0.25) is 4.79 Å². The molecule has 1 aromatic carbocycles. The minimum Gasteiger partial charge on any atom is -0.497 e. The number of nitrogens with one attached hydrogen (secondary N) is 2. The smallest absolute Gasteiger partial charge is 0.221 e. The van der Waals surface area contributed by atoms with Crippen molar-refractivity contribution < 1.29 is 9.53 Å². The quantitative estimate of drug-likeness (QED) is 0.810. The molecule has 0 aromatic heterocycles. The maximum absolute atomic E-state index is 11.9. The van der Waals surface area contributed by atoms with Crippen LogP contribution in [0.3, 0.4) is 0 Å². The lowest BCUT2D eigenvalue weighted by atomic mass is 9.78. The van der Waals surface area contributed by atoms with E-state index in [0.717, 1.165) is 31.7 Å². The number of benzene rings is 1. The SMILES string of the molecule is CNCCC(=O)NCC1(c2cccc(OC)c2)CCCC1.Cl. The van der Waals surface area contributed by atoms with Crippen LogP contribution in [0.2, 0.25) is 0 Å². The van der Waals surface area contributed by atoms with Gasteiger partial charge in [-0.15, -0.1) is 12.4 Å². The summed E-state index contributed by atoms with van der Waals surface area (Å²) in [6.45, 7) is 1.45. The first-order valence-corrected chi connectivity index (χ1v) is 7.76. The topological polar surface area (TPSA) is 50.4 Å². The van der Waals surface area contributed by atoms with Crippen molar-refractivity contribution in [3.63, 3.8) is 0 Å². The van der Waals surface area contributed by atoms with Crippen LogP contribution in [0.25, 0.3) is 0 Å². The fraction of sp³-hybridized carbons (Fsp3) is 0.588. The van der Waals surface area contributed by atoms with Gasteiger partial charge in [0.05, 0.1) is 7.11 Å². The van der Waals surface area contributed by atoms with Gasteiger partial charge in [0.2, 0.25) is 5.91 Å². The molecule has 0 bridgehead atoms. The zero-order valence-corrected chi connectivity index (χ0v) is 14.3. The number of carbonyl (C=O) groups excluding carboxylic acids is 1. The second-order valence-electron chi connectivity index (χ2n) is 5.85. The lowest BCUT2D eigenvalue weighted by molar-refractivity contribution is -0.121. The van der Waals surface area contributed by atoms with Crippen LogP contribution in [-0.4, -0.2) is 33.2 Å². The standard InChI is InChI=1S/C17H26N2O2.ClH/c1-18-11-8-16(20)19-13-17(9-3-4-10-17)14-6-5-7-15(12-14)21-2;/h5-7,12,18H,3-4,8-11,13H2,1-2H3,(H,19,20);1H. The van der Waals surface area contributed by atoms with Crippen LogP contribution in [0.5, 0.6) is 5.75 Å². The molecule has 0 heterocycles. The normalized spacial score (nSPS) is 15.9. The average molecular weight is 327 g/mol. The molecule has 1 saturated carbocycles. The Balaban J connectivity index is 0.00000242. The Morgan fingerprint density at radius 2 is 2.05 bits per heavy atom. The molecule has 0 aliphatic heterocycles. The third-order valence-electron chi connectivity index (χ3n) is 4.47. The van der Waals surface area contributed by atoms with Crippen molar-refractivity contribution in [2.75, 3.05) is 27.2 Å². The van der Waals surface area contributed by atoms with Crippen LogP contribution in [0.4, 0.5) is 0 Å². The molecule has 1 aliphatic rings. The first-order chi connectivity index (χ1) is 10.2. The lowest BCUT2D eigenvalue weighted by Crippen LogP contribution is -2.39. The number of halogens is 1. The Morgan fingerprint density at radius 1 is 1.32 bits per heavy atom. The van der Waals surface area contributed by atoms with Crippen LogP contribution in [0.15, 0.2) is 24.3 Å². The first-order valence-electron chi connectivity index (χ1n) is 7.76. The summed E-state index contributed by atoms with van der Waals surface area (Å²) in [6, 6.07) is 8.29. The summed E-state index contributed by atoms with van der Waals surface area (Å²) >= 11 is 0. The van der Waals surface area contributed by atoms with Crippen molar-refractivity contribution in [2.24, 2.45) is 0 Å². The van der Waals surface area contributed by atoms with E-state index in [-0.39, 0.29) is 23.7 Å². The predicted octanol–water partition coefficient (Wildman–Crippen LogP) is 2.65. The molecule has 0 spiro atoms. The van der Waals surface area contributed by atoms with Gasteiger partial charge in [0.1, 0.15) is 5.75 Å². The summed E-state index contributed by atoms with van der Waals surface area (Å²) in [5.41, 5.74) is 1.36. The number of carbonyl (C=O) groups is 1. The summed E-state index contributed by atoms with van der Waals surface area (Å²) in [5, 5.41) is 6.12. The predicted molar refractivity (Wildman–Crippen MR) is 91.9 cm³/mol. The van der Waals surface area contributed by atoms with E-state index in [2.05, 4.69) is 22.8 Å². The molecule has 4 nitrogen and oxygen atoms in total. The van der Waals surface area contributed by atoms with Gasteiger partial charge in [0, 0.05) is 24.9 Å². The fourth-order valence-corrected chi connectivity index (χ4v) is 3.17. The minimum atomic E-state index is 0. The zero-order chi connectivity index (χ0) is 15.1. The molecule has 2 rings (SSSR count). The second-order valence-corrected chi connectivity index (χ2v) is 5.85. The van der Waals surface area contributed by atoms with Crippen LogP contribution < -0.4 is 15.4 Å². The van der Waals surface area contributed by atoms with E-state index in [0.29, 0.717) is 6.42 Å². The molecule has 0 radical (unpaired) electrons. The van der Waals surface area contributed by atoms with E-state index in [1.54, 1.807) is 7.11 Å². The summed E-state index contributed by atoms with van der Waals surface area (Å²) < 4.78 is 5.34. The van der Waals surface area contributed by atoms with Gasteiger partial charge in [-0.2, -0.15) is 0 Å². The zero-order valence-electron chi connectivity index (χ0n) is 13.5. The van der Waals surface area contributed by atoms with E-state index in [1.807, 2.05) is 19.2 Å². The average Bonchev–Trinajstić information content (AvgIpc) is 3.01. The van der Waals surface area contributed by atoms with Gasteiger partial charge in [-0.1, -0.05) is 25.0 Å². The highest BCUT2D eigenvalue weighted by Gasteiger charge is 2.36. The summed E-state index contributed by atoms with van der Waals surface area (Å²) in [4.78, 5) is 11.9. The minimum absolute atomic E-state index is 0. The Labute approximate surface area is 139 Å². The molecule has 124 valence electrons. The molecule has 5 heteroatoms. The van der Waals surface area contributed by atoms with Gasteiger partial charge in [0.25, 0.3) is 0 Å². The van der Waals surface area contributed by atoms with Gasteiger partial charge >= 0.3 is 0 Å². The molecule has 0 unspecified atom stereocenters. The number of amides is 1. The van der Waals surface area contributed by atoms with Crippen LogP contribution in [0, 0.1) is 0 Å². The Morgan fingerprint density at radius 3 is 2.68 bits per heavy atom. The largest absolute Gasteiger partial charge is 0.497 e. The number of hydrogen-bond acceptors (Lipinski definition) is 3. The highest BCUT2D eigenvalue weighted by molar-refractivity contribution is 5.85. The maximum Gasteiger partial charge on any atom is 0.221 e. The molecule has 1 aromatic rings. The molecule has 0 saturated heterocycles. The molecule has 1 aliphatic carbocycles. The van der Waals surface area contributed by atoms with Crippen molar-refractivity contribution in [3.8, 4) is 5.75 Å². The summed E-state index contributed by atoms with van der Waals surface area (Å²) in [6.07, 6.45) is 5.25. The summed E-state index contributed by atoms with van der Waals surface area (Å²) in [7, 11) is 3.56. The van der Waals surface area contributed by atoms with E-state index >= 15 is 0 Å². The first kappa shape index (κ1) is 18.8. The van der Waals surface area contributed by atoms with Gasteiger partial charge in [-0.05, 0) is 37.6 Å². The van der Waals surface area contributed by atoms with Crippen LogP contribution in [0.1, 0.15) is 37.7 Å². The summed E-state index contributed by atoms with van der Waals surface area (Å²) in [5.74, 6) is 1.01. The van der Waals surface area contributed by atoms with Crippen LogP contribution >= 0.6 is 12.4 Å². The lowest BCUT2D eigenvalue weighted by Gasteiger charge is -2.30. The maximum atomic E-state index is 11.9. The Bertz CT molecular complexity index is 473. The molecular formula is C17H27ClN2O2. The van der Waals surface area contributed by atoms with Crippen molar-refractivity contribution >= 4 is 18.3 Å². The third kappa shape index (κ3) is 4.62. The molecule has 2 N–H and O–H groups in total. The van der Waals surface area contributed by atoms with Gasteiger partial charge in [0.15, 0.2) is 0 Å². The number of hydrogen-bond donors (Lipinski definition) is 2. The van der Waals surface area contributed by atoms with E-state index < -0.39 is 0 Å². The molecule has 0 atom stereocenters. The van der Waals surface area contributed by atoms with Gasteiger partial charge in [-0.25, -0.2) is 0 Å². The van der Waals surface area contributed by atoms with Crippen molar-refractivity contribution in [2.45, 2.75) is 37.5 Å². The molecular weight excluding hydrogens is 300 g/mol. The van der Waals surface area contributed by atoms with Crippen molar-refractivity contribution in [1.82, 2.24) is 10.6 Å². The highest BCUT2D eigenvalue weighted by atomic mass is 35.5. The molecule has 22 heavy (non-hydrogen) atoms. The Hall–Kier alpha value is -1.26. The monoisotopic (exact) mass is 326 g/mol.